The number of nitrogens with zero attached hydrogens (tertiary/aromatic N) is 2. The van der Waals surface area contributed by atoms with Crippen LogP contribution in [0.15, 0.2) is 18.5 Å². The van der Waals surface area contributed by atoms with Crippen LogP contribution in [0.3, 0.4) is 0 Å². The number of hydrogen-bond acceptors (Lipinski definition) is 4. The Labute approximate surface area is 82.2 Å². The minimum Gasteiger partial charge on any atom is -0.227 e. The van der Waals surface area contributed by atoms with Gasteiger partial charge >= 0.3 is 12.0 Å². The lowest BCUT2D eigenvalue weighted by molar-refractivity contribution is -0.331. The Balaban J connectivity index is 2.58. The number of alkyl halides is 4. The van der Waals surface area contributed by atoms with Crippen LogP contribution in [-0.4, -0.2) is 22.0 Å². The smallest absolute Gasteiger partial charge is 0.227 e. The van der Waals surface area contributed by atoms with Crippen molar-refractivity contribution in [2.24, 2.45) is 0 Å². The van der Waals surface area contributed by atoms with Crippen LogP contribution in [0, 0.1) is 0 Å². The van der Waals surface area contributed by atoms with Gasteiger partial charge in [-0.15, -0.1) is 0 Å². The number of aromatic nitrogens is 2. The number of nitrogens with one attached hydrogen (secondary N) is 1. The zero-order valence-corrected chi connectivity index (χ0v) is 7.55. The van der Waals surface area contributed by atoms with E-state index in [1.165, 1.54) is 23.9 Å². The molecule has 0 saturated carbocycles. The molecule has 1 rings (SSSR count). The minimum atomic E-state index is -4.63. The fourth-order valence-electron chi connectivity index (χ4n) is 0.551. The molecule has 4 nitrogen and oxygen atoms in total. The lowest BCUT2D eigenvalue weighted by atomic mass is 10.4. The van der Waals surface area contributed by atoms with Gasteiger partial charge in [0.05, 0.1) is 0 Å². The van der Waals surface area contributed by atoms with Gasteiger partial charge in [0.1, 0.15) is 0 Å². The van der Waals surface area contributed by atoms with Crippen molar-refractivity contribution in [2.75, 3.05) is 5.48 Å². The van der Waals surface area contributed by atoms with Gasteiger partial charge in [-0.3, -0.25) is 0 Å². The summed E-state index contributed by atoms with van der Waals surface area (Å²) in [5.41, 5.74) is 1.54. The SMILES string of the molecule is CC(F)(F)C(F)(F)ONc1ncccn1. The molecule has 0 aliphatic carbocycles. The highest BCUT2D eigenvalue weighted by molar-refractivity contribution is 5.17. The summed E-state index contributed by atoms with van der Waals surface area (Å²) in [6.07, 6.45) is -2.16. The van der Waals surface area contributed by atoms with Gasteiger partial charge in [-0.2, -0.15) is 22.4 Å². The van der Waals surface area contributed by atoms with Gasteiger partial charge in [0.25, 0.3) is 0 Å². The molecule has 0 aromatic carbocycles. The van der Waals surface area contributed by atoms with E-state index in [0.717, 1.165) is 0 Å². The Morgan fingerprint density at radius 2 is 1.73 bits per heavy atom. The van der Waals surface area contributed by atoms with Gasteiger partial charge in [0, 0.05) is 19.3 Å². The van der Waals surface area contributed by atoms with Crippen LogP contribution in [0.5, 0.6) is 0 Å². The fourth-order valence-corrected chi connectivity index (χ4v) is 0.551. The quantitative estimate of drug-likeness (QED) is 0.629. The summed E-state index contributed by atoms with van der Waals surface area (Å²) in [6.45, 7) is 0.0422. The highest BCUT2D eigenvalue weighted by atomic mass is 19.3. The van der Waals surface area contributed by atoms with E-state index in [4.69, 9.17) is 0 Å². The third-order valence-electron chi connectivity index (χ3n) is 1.35. The van der Waals surface area contributed by atoms with Crippen LogP contribution in [0.2, 0.25) is 0 Å². The van der Waals surface area contributed by atoms with Crippen LogP contribution in [-0.2, 0) is 4.84 Å². The molecule has 0 saturated heterocycles. The summed E-state index contributed by atoms with van der Waals surface area (Å²) in [5.74, 6) is -4.63. The van der Waals surface area contributed by atoms with Crippen molar-refractivity contribution < 1.29 is 22.4 Å². The van der Waals surface area contributed by atoms with E-state index in [0.29, 0.717) is 0 Å². The largest absolute Gasteiger partial charge is 0.439 e. The van der Waals surface area contributed by atoms with E-state index in [1.807, 2.05) is 0 Å². The molecule has 0 aliphatic heterocycles. The summed E-state index contributed by atoms with van der Waals surface area (Å²) in [6, 6.07) is 1.43. The molecule has 0 bridgehead atoms. The molecule has 0 amide bonds. The molecule has 1 heterocycles. The third-order valence-corrected chi connectivity index (χ3v) is 1.35. The first-order chi connectivity index (χ1) is 6.83. The van der Waals surface area contributed by atoms with Gasteiger partial charge in [-0.25, -0.2) is 15.4 Å². The van der Waals surface area contributed by atoms with Crippen molar-refractivity contribution in [1.29, 1.82) is 0 Å². The Hall–Kier alpha value is -1.44. The predicted molar refractivity (Wildman–Crippen MR) is 42.3 cm³/mol. The molecular formula is C7H7F4N3O. The standard InChI is InChI=1S/C7H7F4N3O/c1-6(8,9)7(10,11)15-14-5-12-3-2-4-13-5/h2-4H,1H3,(H,12,13,14). The van der Waals surface area contributed by atoms with E-state index in [1.54, 1.807) is 0 Å². The van der Waals surface area contributed by atoms with Crippen LogP contribution >= 0.6 is 0 Å². The Morgan fingerprint density at radius 1 is 1.20 bits per heavy atom. The van der Waals surface area contributed by atoms with Crippen LogP contribution < -0.4 is 5.48 Å². The average Bonchev–Trinajstić information content (AvgIpc) is 2.15. The zero-order valence-electron chi connectivity index (χ0n) is 7.55. The molecule has 0 aliphatic rings. The summed E-state index contributed by atoms with van der Waals surface area (Å²) < 4.78 is 49.5. The van der Waals surface area contributed by atoms with E-state index in [-0.39, 0.29) is 12.9 Å². The molecule has 1 N–H and O–H groups in total. The third kappa shape index (κ3) is 3.01. The molecule has 8 heteroatoms. The molecule has 0 atom stereocenters. The Morgan fingerprint density at radius 3 is 2.20 bits per heavy atom. The second-order valence-corrected chi connectivity index (χ2v) is 2.68. The molecule has 0 radical (unpaired) electrons. The second kappa shape index (κ2) is 3.97. The van der Waals surface area contributed by atoms with Crippen LogP contribution in [0.1, 0.15) is 6.92 Å². The highest BCUT2D eigenvalue weighted by Crippen LogP contribution is 2.34. The van der Waals surface area contributed by atoms with Gasteiger partial charge in [-0.05, 0) is 6.07 Å². The van der Waals surface area contributed by atoms with Crippen LogP contribution in [0.4, 0.5) is 23.5 Å². The van der Waals surface area contributed by atoms with E-state index < -0.39 is 12.0 Å². The lowest BCUT2D eigenvalue weighted by Crippen LogP contribution is -2.41. The topological polar surface area (TPSA) is 47.0 Å². The van der Waals surface area contributed by atoms with Crippen molar-refractivity contribution in [3.05, 3.63) is 18.5 Å². The monoisotopic (exact) mass is 225 g/mol. The Kier molecular flexibility index (Phi) is 3.08. The summed E-state index contributed by atoms with van der Waals surface area (Å²) in [7, 11) is 0. The maximum absolute atomic E-state index is 12.5. The normalized spacial score (nSPS) is 12.6. The maximum Gasteiger partial charge on any atom is 0.439 e. The zero-order chi connectivity index (χ0) is 11.5. The molecule has 1 aromatic rings. The first-order valence-corrected chi connectivity index (χ1v) is 3.79. The number of anilines is 1. The molecule has 0 spiro atoms. The number of halogens is 4. The van der Waals surface area contributed by atoms with Gasteiger partial charge in [0.15, 0.2) is 0 Å². The first-order valence-electron chi connectivity index (χ1n) is 3.79. The van der Waals surface area contributed by atoms with Crippen molar-refractivity contribution in [1.82, 2.24) is 9.97 Å². The van der Waals surface area contributed by atoms with Crippen molar-refractivity contribution in [2.45, 2.75) is 19.0 Å². The molecular weight excluding hydrogens is 218 g/mol. The van der Waals surface area contributed by atoms with Crippen molar-refractivity contribution in [3.8, 4) is 0 Å². The van der Waals surface area contributed by atoms with Crippen LogP contribution in [0.25, 0.3) is 0 Å². The molecule has 15 heavy (non-hydrogen) atoms. The number of rotatable bonds is 4. The van der Waals surface area contributed by atoms with Crippen molar-refractivity contribution in [3.63, 3.8) is 0 Å². The lowest BCUT2D eigenvalue weighted by Gasteiger charge is -2.21. The Bertz CT molecular complexity index is 314. The highest BCUT2D eigenvalue weighted by Gasteiger charge is 2.55. The summed E-state index contributed by atoms with van der Waals surface area (Å²) in [4.78, 5) is 10.4. The maximum atomic E-state index is 12.5. The molecule has 0 fully saturated rings. The van der Waals surface area contributed by atoms with E-state index in [9.17, 15) is 17.6 Å². The predicted octanol–water partition coefficient (Wildman–Crippen LogP) is 2.07. The van der Waals surface area contributed by atoms with Gasteiger partial charge < -0.3 is 0 Å². The average molecular weight is 225 g/mol. The van der Waals surface area contributed by atoms with Gasteiger partial charge in [0.2, 0.25) is 5.95 Å². The molecule has 84 valence electrons. The summed E-state index contributed by atoms with van der Waals surface area (Å²) >= 11 is 0. The molecule has 0 unspecified atom stereocenters. The van der Waals surface area contributed by atoms with E-state index >= 15 is 0 Å². The second-order valence-electron chi connectivity index (χ2n) is 2.68. The fraction of sp³-hybridized carbons (Fsp3) is 0.429. The van der Waals surface area contributed by atoms with E-state index in [2.05, 4.69) is 14.8 Å². The molecule has 1 aromatic heterocycles. The number of hydrogen-bond donors (Lipinski definition) is 1. The minimum absolute atomic E-state index is 0.0422. The summed E-state index contributed by atoms with van der Waals surface area (Å²) in [5, 5.41) is 0. The first kappa shape index (κ1) is 11.6. The van der Waals surface area contributed by atoms with Crippen molar-refractivity contribution >= 4 is 5.95 Å². The van der Waals surface area contributed by atoms with Gasteiger partial charge in [-0.1, -0.05) is 0 Å².